The minimum atomic E-state index is -3.90. The second kappa shape index (κ2) is 7.14. The van der Waals surface area contributed by atoms with Crippen molar-refractivity contribution in [3.05, 3.63) is 50.3 Å². The second-order valence-corrected chi connectivity index (χ2v) is 7.90. The molecule has 0 unspecified atom stereocenters. The highest BCUT2D eigenvalue weighted by Crippen LogP contribution is 2.26. The largest absolute Gasteiger partial charge is 0.333 e. The van der Waals surface area contributed by atoms with Crippen molar-refractivity contribution < 1.29 is 13.2 Å². The molecule has 2 amide bonds. The lowest BCUT2D eigenvalue weighted by Gasteiger charge is -2.16. The first-order valence-corrected chi connectivity index (χ1v) is 9.61. The molecule has 0 aliphatic heterocycles. The van der Waals surface area contributed by atoms with E-state index in [0.717, 1.165) is 27.7 Å². The Kier molecular flexibility index (Phi) is 5.40. The van der Waals surface area contributed by atoms with Crippen molar-refractivity contribution in [1.29, 1.82) is 0 Å². The van der Waals surface area contributed by atoms with Crippen LogP contribution < -0.4 is 10.0 Å². The molecule has 2 rings (SSSR count). The van der Waals surface area contributed by atoms with Gasteiger partial charge in [0.25, 0.3) is 10.0 Å². The lowest BCUT2D eigenvalue weighted by atomic mass is 9.99. The highest BCUT2D eigenvalue weighted by molar-refractivity contribution is 7.93. The Morgan fingerprint density at radius 2 is 1.79 bits per heavy atom. The Morgan fingerprint density at radius 3 is 2.33 bits per heavy atom. The Bertz CT molecular complexity index is 860. The highest BCUT2D eigenvalue weighted by Gasteiger charge is 2.15. The molecule has 8 heteroatoms. The summed E-state index contributed by atoms with van der Waals surface area (Å²) < 4.78 is 25.9. The summed E-state index contributed by atoms with van der Waals surface area (Å²) in [5.74, 6) is 0. The molecule has 0 saturated heterocycles. The number of thiazole rings is 1. The molecule has 0 bridgehead atoms. The SMILES string of the molecule is Cc1cc(C)c(C)c(NC(=O)NS(=O)(=O)/C=C/c2nccs2)c1C. The third-order valence-corrected chi connectivity index (χ3v) is 5.39. The molecule has 1 heterocycles. The van der Waals surface area contributed by atoms with Crippen LogP contribution in [0.4, 0.5) is 10.5 Å². The molecule has 0 atom stereocenters. The third kappa shape index (κ3) is 4.42. The number of nitrogens with one attached hydrogen (secondary N) is 2. The number of nitrogens with zero attached hydrogens (tertiary/aromatic N) is 1. The van der Waals surface area contributed by atoms with E-state index >= 15 is 0 Å². The number of carbonyl (C=O) groups excluding carboxylic acids is 1. The summed E-state index contributed by atoms with van der Waals surface area (Å²) in [6.07, 6.45) is 2.91. The third-order valence-electron chi connectivity index (χ3n) is 3.68. The standard InChI is InChI=1S/C16H19N3O3S2/c1-10-9-11(2)13(4)15(12(10)3)18-16(20)19-24(21,22)8-5-14-17-6-7-23-14/h5-9H,1-4H3,(H2,18,19,20)/b8-5+. The summed E-state index contributed by atoms with van der Waals surface area (Å²) in [7, 11) is -3.90. The van der Waals surface area contributed by atoms with Crippen molar-refractivity contribution in [2.24, 2.45) is 0 Å². The quantitative estimate of drug-likeness (QED) is 0.868. The van der Waals surface area contributed by atoms with Crippen LogP contribution in [-0.4, -0.2) is 19.4 Å². The summed E-state index contributed by atoms with van der Waals surface area (Å²) in [6.45, 7) is 7.65. The number of benzene rings is 1. The number of anilines is 1. The van der Waals surface area contributed by atoms with Crippen molar-refractivity contribution in [1.82, 2.24) is 9.71 Å². The number of rotatable bonds is 4. The average Bonchev–Trinajstić information content (AvgIpc) is 3.01. The van der Waals surface area contributed by atoms with E-state index < -0.39 is 16.1 Å². The van der Waals surface area contributed by atoms with Crippen LogP contribution in [0.1, 0.15) is 27.3 Å². The normalized spacial score (nSPS) is 11.7. The van der Waals surface area contributed by atoms with E-state index in [1.165, 1.54) is 17.4 Å². The number of urea groups is 1. The fourth-order valence-corrected chi connectivity index (χ4v) is 3.47. The zero-order valence-electron chi connectivity index (χ0n) is 13.9. The van der Waals surface area contributed by atoms with Gasteiger partial charge in [-0.25, -0.2) is 22.9 Å². The molecule has 1 aromatic heterocycles. The first kappa shape index (κ1) is 18.2. The molecule has 128 valence electrons. The molecule has 0 spiro atoms. The van der Waals surface area contributed by atoms with E-state index in [2.05, 4.69) is 10.3 Å². The minimum Gasteiger partial charge on any atom is -0.307 e. The number of sulfonamides is 1. The number of amides is 2. The fourth-order valence-electron chi connectivity index (χ4n) is 2.17. The van der Waals surface area contributed by atoms with E-state index in [0.29, 0.717) is 10.7 Å². The zero-order valence-corrected chi connectivity index (χ0v) is 15.5. The summed E-state index contributed by atoms with van der Waals surface area (Å²) in [5, 5.41) is 5.83. The zero-order chi connectivity index (χ0) is 17.9. The van der Waals surface area contributed by atoms with Crippen LogP contribution in [0.3, 0.4) is 0 Å². The van der Waals surface area contributed by atoms with Crippen LogP contribution in [0.25, 0.3) is 6.08 Å². The molecular formula is C16H19N3O3S2. The van der Waals surface area contributed by atoms with Gasteiger partial charge in [0, 0.05) is 17.3 Å². The van der Waals surface area contributed by atoms with Crippen LogP contribution in [-0.2, 0) is 10.0 Å². The van der Waals surface area contributed by atoms with Gasteiger partial charge in [0.05, 0.1) is 5.41 Å². The molecule has 0 fully saturated rings. The summed E-state index contributed by atoms with van der Waals surface area (Å²) in [4.78, 5) is 16.0. The monoisotopic (exact) mass is 365 g/mol. The van der Waals surface area contributed by atoms with Gasteiger partial charge < -0.3 is 5.32 Å². The van der Waals surface area contributed by atoms with Gasteiger partial charge in [0.2, 0.25) is 0 Å². The van der Waals surface area contributed by atoms with Crippen LogP contribution >= 0.6 is 11.3 Å². The lowest BCUT2D eigenvalue weighted by Crippen LogP contribution is -2.33. The Morgan fingerprint density at radius 1 is 1.17 bits per heavy atom. The van der Waals surface area contributed by atoms with Crippen molar-refractivity contribution >= 4 is 39.2 Å². The molecule has 2 N–H and O–H groups in total. The van der Waals surface area contributed by atoms with Gasteiger partial charge in [-0.2, -0.15) is 0 Å². The minimum absolute atomic E-state index is 0.543. The number of hydrogen-bond donors (Lipinski definition) is 2. The molecule has 2 aromatic rings. The van der Waals surface area contributed by atoms with Crippen LogP contribution in [0, 0.1) is 27.7 Å². The van der Waals surface area contributed by atoms with Gasteiger partial charge in [-0.1, -0.05) is 6.07 Å². The highest BCUT2D eigenvalue weighted by atomic mass is 32.2. The number of aromatic nitrogens is 1. The van der Waals surface area contributed by atoms with Crippen LogP contribution in [0.2, 0.25) is 0 Å². The lowest BCUT2D eigenvalue weighted by molar-refractivity contribution is 0.256. The maximum absolute atomic E-state index is 12.1. The van der Waals surface area contributed by atoms with Gasteiger partial charge in [-0.05, 0) is 56.0 Å². The summed E-state index contributed by atoms with van der Waals surface area (Å²) >= 11 is 1.30. The van der Waals surface area contributed by atoms with Gasteiger partial charge in [0.1, 0.15) is 5.01 Å². The van der Waals surface area contributed by atoms with E-state index in [1.807, 2.05) is 38.5 Å². The molecule has 0 radical (unpaired) electrons. The number of hydrogen-bond acceptors (Lipinski definition) is 5. The molecule has 0 aliphatic carbocycles. The van der Waals surface area contributed by atoms with E-state index in [4.69, 9.17) is 0 Å². The maximum atomic E-state index is 12.1. The predicted molar refractivity (Wildman–Crippen MR) is 97.6 cm³/mol. The van der Waals surface area contributed by atoms with Gasteiger partial charge in [-0.15, -0.1) is 11.3 Å². The Hall–Kier alpha value is -2.19. The fraction of sp³-hybridized carbons (Fsp3) is 0.250. The smallest absolute Gasteiger partial charge is 0.307 e. The number of aryl methyl sites for hydroxylation is 2. The first-order valence-electron chi connectivity index (χ1n) is 7.18. The molecule has 24 heavy (non-hydrogen) atoms. The van der Waals surface area contributed by atoms with Crippen LogP contribution in [0.15, 0.2) is 23.1 Å². The maximum Gasteiger partial charge on any atom is 0.333 e. The molecule has 0 saturated carbocycles. The summed E-state index contributed by atoms with van der Waals surface area (Å²) in [5.41, 5.74) is 4.50. The van der Waals surface area contributed by atoms with Crippen molar-refractivity contribution in [3.63, 3.8) is 0 Å². The molecule has 0 aliphatic rings. The Balaban J connectivity index is 2.14. The topological polar surface area (TPSA) is 88.2 Å². The first-order chi connectivity index (χ1) is 11.2. The second-order valence-electron chi connectivity index (χ2n) is 5.41. The number of carbonyl (C=O) groups is 1. The van der Waals surface area contributed by atoms with Gasteiger partial charge in [0.15, 0.2) is 0 Å². The van der Waals surface area contributed by atoms with Crippen LogP contribution in [0.5, 0.6) is 0 Å². The van der Waals surface area contributed by atoms with E-state index in [-0.39, 0.29) is 0 Å². The van der Waals surface area contributed by atoms with Crippen molar-refractivity contribution in [2.75, 3.05) is 5.32 Å². The Labute approximate surface area is 145 Å². The molecule has 6 nitrogen and oxygen atoms in total. The van der Waals surface area contributed by atoms with Gasteiger partial charge >= 0.3 is 6.03 Å². The predicted octanol–water partition coefficient (Wildman–Crippen LogP) is 3.50. The summed E-state index contributed by atoms with van der Waals surface area (Å²) in [6, 6.07) is 1.23. The van der Waals surface area contributed by atoms with E-state index in [9.17, 15) is 13.2 Å². The van der Waals surface area contributed by atoms with Crippen molar-refractivity contribution in [2.45, 2.75) is 27.7 Å². The van der Waals surface area contributed by atoms with E-state index in [1.54, 1.807) is 11.6 Å². The molecule has 1 aromatic carbocycles. The molecular weight excluding hydrogens is 346 g/mol. The average molecular weight is 365 g/mol. The van der Waals surface area contributed by atoms with Gasteiger partial charge in [-0.3, -0.25) is 0 Å². The van der Waals surface area contributed by atoms with Crippen molar-refractivity contribution in [3.8, 4) is 0 Å².